The van der Waals surface area contributed by atoms with Gasteiger partial charge in [-0.3, -0.25) is 14.9 Å². The number of hydrogen-bond acceptors (Lipinski definition) is 6. The first-order valence-corrected chi connectivity index (χ1v) is 6.70. The minimum absolute atomic E-state index is 0.0281. The summed E-state index contributed by atoms with van der Waals surface area (Å²) in [7, 11) is 0. The van der Waals surface area contributed by atoms with Crippen molar-refractivity contribution < 1.29 is 9.72 Å². The number of hydrogen-bond donors (Lipinski definition) is 1. The van der Waals surface area contributed by atoms with Crippen LogP contribution in [0.1, 0.15) is 19.4 Å². The molecule has 20 heavy (non-hydrogen) atoms. The highest BCUT2D eigenvalue weighted by molar-refractivity contribution is 8.15. The van der Waals surface area contributed by atoms with Gasteiger partial charge >= 0.3 is 0 Å². The molecule has 7 nitrogen and oxygen atoms in total. The second kappa shape index (κ2) is 5.83. The molecule has 0 bridgehead atoms. The van der Waals surface area contributed by atoms with Gasteiger partial charge in [0.1, 0.15) is 0 Å². The summed E-state index contributed by atoms with van der Waals surface area (Å²) in [5.74, 6) is -0.0862. The molecule has 0 aromatic heterocycles. The number of thioether (sulfide) groups is 1. The molecule has 1 saturated heterocycles. The number of nitrogens with one attached hydrogen (secondary N) is 1. The lowest BCUT2D eigenvalue weighted by atomic mass is 10.1. The van der Waals surface area contributed by atoms with Crippen LogP contribution in [0, 0.1) is 10.1 Å². The van der Waals surface area contributed by atoms with Crippen molar-refractivity contribution in [3.63, 3.8) is 0 Å². The van der Waals surface area contributed by atoms with Crippen LogP contribution in [0.2, 0.25) is 0 Å². The molecule has 1 aliphatic rings. The number of carbonyl (C=O) groups excluding carboxylic acids is 1. The topological polar surface area (TPSA) is 97.0 Å². The van der Waals surface area contributed by atoms with E-state index in [4.69, 9.17) is 0 Å². The monoisotopic (exact) mass is 292 g/mol. The van der Waals surface area contributed by atoms with Gasteiger partial charge in [0.05, 0.1) is 15.9 Å². The number of amides is 1. The van der Waals surface area contributed by atoms with Gasteiger partial charge in [-0.25, -0.2) is 0 Å². The number of nitro benzene ring substituents is 1. The van der Waals surface area contributed by atoms with E-state index in [1.54, 1.807) is 26.0 Å². The number of benzene rings is 1. The summed E-state index contributed by atoms with van der Waals surface area (Å²) in [6.45, 7) is 3.53. The number of carbonyl (C=O) groups is 1. The number of amidine groups is 1. The van der Waals surface area contributed by atoms with E-state index in [0.717, 1.165) is 5.56 Å². The zero-order valence-corrected chi connectivity index (χ0v) is 11.7. The van der Waals surface area contributed by atoms with Crippen molar-refractivity contribution in [3.8, 4) is 0 Å². The fourth-order valence-corrected chi connectivity index (χ4v) is 2.26. The Balaban J connectivity index is 2.13. The Morgan fingerprint density at radius 1 is 1.40 bits per heavy atom. The molecule has 0 unspecified atom stereocenters. The fraction of sp³-hybridized carbons (Fsp3) is 0.250. The number of non-ortho nitro benzene ring substituents is 1. The summed E-state index contributed by atoms with van der Waals surface area (Å²) in [4.78, 5) is 21.4. The molecule has 0 radical (unpaired) electrons. The summed E-state index contributed by atoms with van der Waals surface area (Å²) < 4.78 is 0. The minimum Gasteiger partial charge on any atom is -0.303 e. The van der Waals surface area contributed by atoms with Gasteiger partial charge in [-0.15, -0.1) is 5.10 Å². The van der Waals surface area contributed by atoms with Gasteiger partial charge in [-0.05, 0) is 31.5 Å². The van der Waals surface area contributed by atoms with E-state index >= 15 is 0 Å². The van der Waals surface area contributed by atoms with Gasteiger partial charge in [0.2, 0.25) is 5.91 Å². The predicted octanol–water partition coefficient (Wildman–Crippen LogP) is 1.93. The van der Waals surface area contributed by atoms with Crippen LogP contribution < -0.4 is 5.32 Å². The Labute approximate surface area is 119 Å². The van der Waals surface area contributed by atoms with E-state index < -0.39 is 4.92 Å². The molecule has 8 heteroatoms. The maximum Gasteiger partial charge on any atom is 0.269 e. The summed E-state index contributed by atoms with van der Waals surface area (Å²) in [5.41, 5.74) is 1.38. The zero-order chi connectivity index (χ0) is 14.7. The summed E-state index contributed by atoms with van der Waals surface area (Å²) in [6, 6.07) is 6.05. The number of rotatable bonds is 3. The molecule has 2 rings (SSSR count). The van der Waals surface area contributed by atoms with Crippen LogP contribution in [0.15, 0.2) is 34.5 Å². The highest BCUT2D eigenvalue weighted by atomic mass is 32.2. The molecule has 1 atom stereocenters. The molecule has 104 valence electrons. The van der Waals surface area contributed by atoms with E-state index in [1.165, 1.54) is 23.9 Å². The van der Waals surface area contributed by atoms with E-state index in [1.807, 2.05) is 0 Å². The first kappa shape index (κ1) is 14.2. The van der Waals surface area contributed by atoms with Crippen molar-refractivity contribution in [3.05, 3.63) is 39.9 Å². The predicted molar refractivity (Wildman–Crippen MR) is 77.9 cm³/mol. The van der Waals surface area contributed by atoms with E-state index in [9.17, 15) is 14.9 Å². The normalized spacial score (nSPS) is 21.1. The quantitative estimate of drug-likeness (QED) is 0.523. The molecule has 1 N–H and O–H groups in total. The van der Waals surface area contributed by atoms with Crippen molar-refractivity contribution in [2.45, 2.75) is 19.1 Å². The van der Waals surface area contributed by atoms with Gasteiger partial charge in [-0.1, -0.05) is 11.8 Å². The smallest absolute Gasteiger partial charge is 0.269 e. The van der Waals surface area contributed by atoms with E-state index in [-0.39, 0.29) is 16.8 Å². The molecule has 0 spiro atoms. The third kappa shape index (κ3) is 3.21. The Hall–Kier alpha value is -2.22. The Bertz CT molecular complexity index is 610. The van der Waals surface area contributed by atoms with Gasteiger partial charge < -0.3 is 5.32 Å². The second-order valence-electron chi connectivity index (χ2n) is 4.14. The van der Waals surface area contributed by atoms with Gasteiger partial charge in [0.25, 0.3) is 5.69 Å². The van der Waals surface area contributed by atoms with E-state index in [0.29, 0.717) is 10.9 Å². The minimum atomic E-state index is -0.456. The Morgan fingerprint density at radius 3 is 2.55 bits per heavy atom. The Morgan fingerprint density at radius 2 is 2.05 bits per heavy atom. The summed E-state index contributed by atoms with van der Waals surface area (Å²) >= 11 is 1.31. The molecular weight excluding hydrogens is 280 g/mol. The van der Waals surface area contributed by atoms with Crippen LogP contribution in [-0.4, -0.2) is 27.0 Å². The number of nitrogens with zero attached hydrogens (tertiary/aromatic N) is 3. The second-order valence-corrected chi connectivity index (χ2v) is 5.47. The molecule has 0 aliphatic carbocycles. The van der Waals surface area contributed by atoms with E-state index in [2.05, 4.69) is 15.5 Å². The molecule has 1 aromatic rings. The first-order chi connectivity index (χ1) is 9.47. The van der Waals surface area contributed by atoms with Crippen LogP contribution in [0.4, 0.5) is 5.69 Å². The van der Waals surface area contributed by atoms with Gasteiger partial charge in [-0.2, -0.15) is 5.10 Å². The molecular formula is C12H12N4O3S. The largest absolute Gasteiger partial charge is 0.303 e. The van der Waals surface area contributed by atoms with Gasteiger partial charge in [0.15, 0.2) is 5.17 Å². The standard InChI is InChI=1S/C12H12N4O3S/c1-7(9-3-5-10(6-4-9)16(18)19)14-15-12-13-11(17)8(2)20-12/h3-6,8H,1-2H3,(H,13,15,17)/b14-7+/t8-/m0/s1. The number of nitro groups is 1. The van der Waals surface area contributed by atoms with Crippen molar-refractivity contribution in [1.29, 1.82) is 0 Å². The lowest BCUT2D eigenvalue weighted by molar-refractivity contribution is -0.384. The third-order valence-corrected chi connectivity index (χ3v) is 3.65. The molecule has 1 amide bonds. The van der Waals surface area contributed by atoms with Crippen molar-refractivity contribution >= 4 is 34.2 Å². The highest BCUT2D eigenvalue weighted by Gasteiger charge is 2.25. The van der Waals surface area contributed by atoms with Crippen LogP contribution in [0.3, 0.4) is 0 Å². The molecule has 1 fully saturated rings. The summed E-state index contributed by atoms with van der Waals surface area (Å²) in [6.07, 6.45) is 0. The average Bonchev–Trinajstić information content (AvgIpc) is 2.75. The highest BCUT2D eigenvalue weighted by Crippen LogP contribution is 2.18. The summed E-state index contributed by atoms with van der Waals surface area (Å²) in [5, 5.41) is 21.4. The maximum atomic E-state index is 11.3. The van der Waals surface area contributed by atoms with Crippen LogP contribution in [0.25, 0.3) is 0 Å². The van der Waals surface area contributed by atoms with Crippen LogP contribution in [-0.2, 0) is 4.79 Å². The molecule has 1 aliphatic heterocycles. The average molecular weight is 292 g/mol. The first-order valence-electron chi connectivity index (χ1n) is 5.82. The van der Waals surface area contributed by atoms with Crippen molar-refractivity contribution in [2.75, 3.05) is 0 Å². The zero-order valence-electron chi connectivity index (χ0n) is 10.9. The Kier molecular flexibility index (Phi) is 4.14. The maximum absolute atomic E-state index is 11.3. The lowest BCUT2D eigenvalue weighted by Crippen LogP contribution is -2.23. The van der Waals surface area contributed by atoms with Crippen molar-refractivity contribution in [1.82, 2.24) is 5.32 Å². The molecule has 1 heterocycles. The SMILES string of the molecule is C/C(=N\N=C1\NC(=O)[C@H](C)S1)c1ccc([N+](=O)[O-])cc1. The van der Waals surface area contributed by atoms with Crippen molar-refractivity contribution in [2.24, 2.45) is 10.2 Å². The third-order valence-electron chi connectivity index (χ3n) is 2.67. The molecule has 0 saturated carbocycles. The fourth-order valence-electron chi connectivity index (χ4n) is 1.51. The lowest BCUT2D eigenvalue weighted by Gasteiger charge is -1.98. The molecule has 1 aromatic carbocycles. The van der Waals surface area contributed by atoms with Crippen LogP contribution >= 0.6 is 11.8 Å². The van der Waals surface area contributed by atoms with Gasteiger partial charge in [0, 0.05) is 12.1 Å². The van der Waals surface area contributed by atoms with Crippen LogP contribution in [0.5, 0.6) is 0 Å².